The lowest BCUT2D eigenvalue weighted by Gasteiger charge is -2.41. The van der Waals surface area contributed by atoms with Crippen LogP contribution in [0, 0.1) is 24.6 Å². The number of hydrogen-bond acceptors (Lipinski definition) is 7. The molecule has 0 radical (unpaired) electrons. The Balaban J connectivity index is 1.55. The van der Waals surface area contributed by atoms with E-state index in [1.165, 1.54) is 13.0 Å². The first-order chi connectivity index (χ1) is 20.7. The van der Waals surface area contributed by atoms with Gasteiger partial charge in [-0.15, -0.1) is 0 Å². The van der Waals surface area contributed by atoms with Crippen LogP contribution in [0.5, 0.6) is 6.01 Å². The number of likely N-dealkylation sites (N-methyl/N-ethyl adjacent to an activating group) is 1. The van der Waals surface area contributed by atoms with Crippen molar-refractivity contribution in [2.75, 3.05) is 37.4 Å². The van der Waals surface area contributed by atoms with Gasteiger partial charge in [0.1, 0.15) is 24.4 Å². The molecule has 240 valence electrons. The first kappa shape index (κ1) is 32.1. The number of hydrogen-bond donors (Lipinski definition) is 1. The van der Waals surface area contributed by atoms with Gasteiger partial charge >= 0.3 is 12.2 Å². The zero-order valence-corrected chi connectivity index (χ0v) is 25.6. The van der Waals surface area contributed by atoms with Crippen molar-refractivity contribution < 1.29 is 31.5 Å². The van der Waals surface area contributed by atoms with Crippen LogP contribution in [0.1, 0.15) is 67.0 Å². The number of allylic oxidation sites excluding steroid dienone is 1. The van der Waals surface area contributed by atoms with Gasteiger partial charge in [-0.25, -0.2) is 8.78 Å². The van der Waals surface area contributed by atoms with Gasteiger partial charge in [0.2, 0.25) is 0 Å². The molecule has 2 fully saturated rings. The maximum Gasteiger partial charge on any atom is 0.417 e. The van der Waals surface area contributed by atoms with Gasteiger partial charge in [-0.3, -0.25) is 9.69 Å². The van der Waals surface area contributed by atoms with Crippen LogP contribution in [0.4, 0.5) is 33.5 Å². The largest absolute Gasteiger partial charge is 0.462 e. The van der Waals surface area contributed by atoms with Crippen molar-refractivity contribution in [1.82, 2.24) is 14.9 Å². The standard InChI is InChI=1S/C32H40F5N5O2/c1-6-26(43)19-7-8-42(18(4)11-19)30-23-9-16(2)22(27-28(32(35,36)37)17(3)10-24(38)29(27)34)13-25(23)39-31(40-30)44-15-21-12-20(33)14-41(21)5/h6,10,16,18-22H,1,7-9,11-15,38H2,2-5H3/t16-,18-,19?,20+,21-,22-/m0/s1. The minimum absolute atomic E-state index is 0.00604. The van der Waals surface area contributed by atoms with E-state index in [0.29, 0.717) is 50.3 Å². The molecule has 2 aliphatic heterocycles. The first-order valence-electron chi connectivity index (χ1n) is 15.1. The number of halogens is 5. The van der Waals surface area contributed by atoms with E-state index in [2.05, 4.69) is 16.5 Å². The van der Waals surface area contributed by atoms with Crippen molar-refractivity contribution in [3.8, 4) is 6.01 Å². The lowest BCUT2D eigenvalue weighted by molar-refractivity contribution is -0.139. The number of nitrogens with two attached hydrogens (primary N) is 1. The van der Waals surface area contributed by atoms with Crippen molar-refractivity contribution >= 4 is 17.3 Å². The number of ketones is 1. The van der Waals surface area contributed by atoms with E-state index < -0.39 is 41.1 Å². The number of nitrogen functional groups attached to an aromatic ring is 1. The summed E-state index contributed by atoms with van der Waals surface area (Å²) in [6.45, 7) is 9.69. The fourth-order valence-corrected chi connectivity index (χ4v) is 7.30. The highest BCUT2D eigenvalue weighted by Crippen LogP contribution is 2.47. The third kappa shape index (κ3) is 6.14. The number of likely N-dealkylation sites (tertiary alicyclic amines) is 1. The molecule has 0 amide bonds. The van der Waals surface area contributed by atoms with Gasteiger partial charge in [-0.2, -0.15) is 23.1 Å². The smallest absolute Gasteiger partial charge is 0.417 e. The monoisotopic (exact) mass is 621 g/mol. The van der Waals surface area contributed by atoms with Crippen LogP contribution in [0.2, 0.25) is 0 Å². The Morgan fingerprint density at radius 1 is 1.23 bits per heavy atom. The van der Waals surface area contributed by atoms with Crippen molar-refractivity contribution in [3.05, 3.63) is 52.5 Å². The average Bonchev–Trinajstić information content (AvgIpc) is 3.28. The van der Waals surface area contributed by atoms with Gasteiger partial charge in [0.05, 0.1) is 16.9 Å². The summed E-state index contributed by atoms with van der Waals surface area (Å²) in [6, 6.07) is 0.815. The number of alkyl halides is 4. The molecule has 3 heterocycles. The van der Waals surface area contributed by atoms with E-state index in [9.17, 15) is 22.4 Å². The van der Waals surface area contributed by atoms with Crippen molar-refractivity contribution in [3.63, 3.8) is 0 Å². The van der Waals surface area contributed by atoms with Crippen LogP contribution in [-0.4, -0.2) is 65.7 Å². The highest BCUT2D eigenvalue weighted by Gasteiger charge is 2.43. The summed E-state index contributed by atoms with van der Waals surface area (Å²) in [5.74, 6) is -1.85. The molecule has 0 bridgehead atoms. The minimum Gasteiger partial charge on any atom is -0.462 e. The Morgan fingerprint density at radius 2 is 1.95 bits per heavy atom. The van der Waals surface area contributed by atoms with E-state index in [0.717, 1.165) is 11.6 Å². The number of fused-ring (bicyclic) bond motifs is 1. The number of benzene rings is 1. The normalized spacial score (nSPS) is 27.7. The quantitative estimate of drug-likeness (QED) is 0.237. The van der Waals surface area contributed by atoms with Crippen LogP contribution in [0.15, 0.2) is 18.7 Å². The SMILES string of the molecule is C=CC(=O)C1CCN(c2nc(OC[C@@H]3C[C@@H](F)CN3C)nc3c2C[C@H](C)[C@@H](c2c(F)c(N)cc(C)c2C(F)(F)F)C3)[C@@H](C)C1. The van der Waals surface area contributed by atoms with Crippen molar-refractivity contribution in [2.45, 2.75) is 83.2 Å². The van der Waals surface area contributed by atoms with Gasteiger partial charge in [0, 0.05) is 42.2 Å². The van der Waals surface area contributed by atoms with Crippen LogP contribution in [-0.2, 0) is 23.8 Å². The lowest BCUT2D eigenvalue weighted by atomic mass is 9.73. The zero-order valence-electron chi connectivity index (χ0n) is 25.6. The van der Waals surface area contributed by atoms with Crippen LogP contribution in [0.3, 0.4) is 0 Å². The van der Waals surface area contributed by atoms with Crippen LogP contribution in [0.25, 0.3) is 0 Å². The summed E-state index contributed by atoms with van der Waals surface area (Å²) in [7, 11) is 1.81. The van der Waals surface area contributed by atoms with Crippen molar-refractivity contribution in [1.29, 1.82) is 0 Å². The summed E-state index contributed by atoms with van der Waals surface area (Å²) in [4.78, 5) is 25.8. The van der Waals surface area contributed by atoms with Gasteiger partial charge in [-0.05, 0) is 82.5 Å². The number of ether oxygens (including phenoxy) is 1. The molecule has 7 nitrogen and oxygen atoms in total. The molecular formula is C32H40F5N5O2. The van der Waals surface area contributed by atoms with E-state index >= 15 is 4.39 Å². The number of carbonyl (C=O) groups is 1. The number of nitrogens with zero attached hydrogens (tertiary/aromatic N) is 4. The molecule has 1 unspecified atom stereocenters. The summed E-state index contributed by atoms with van der Waals surface area (Å²) in [6.07, 6.45) is -2.55. The average molecular weight is 622 g/mol. The number of piperidine rings is 1. The van der Waals surface area contributed by atoms with Crippen molar-refractivity contribution in [2.24, 2.45) is 11.8 Å². The first-order valence-corrected chi connectivity index (χ1v) is 15.1. The molecule has 6 atom stereocenters. The molecule has 2 N–H and O–H groups in total. The second-order valence-corrected chi connectivity index (χ2v) is 12.7. The number of rotatable bonds is 7. The van der Waals surface area contributed by atoms with Gasteiger partial charge < -0.3 is 15.4 Å². The molecule has 12 heteroatoms. The fourth-order valence-electron chi connectivity index (χ4n) is 7.30. The lowest BCUT2D eigenvalue weighted by Crippen LogP contribution is -2.44. The Kier molecular flexibility index (Phi) is 8.94. The van der Waals surface area contributed by atoms with E-state index in [4.69, 9.17) is 15.5 Å². The molecule has 1 aromatic carbocycles. The third-order valence-corrected chi connectivity index (χ3v) is 9.65. The fraction of sp³-hybridized carbons (Fsp3) is 0.594. The second kappa shape index (κ2) is 12.3. The van der Waals surface area contributed by atoms with E-state index in [-0.39, 0.29) is 54.1 Å². The Bertz CT molecular complexity index is 1430. The van der Waals surface area contributed by atoms with Gasteiger partial charge in [-0.1, -0.05) is 13.5 Å². The third-order valence-electron chi connectivity index (χ3n) is 9.65. The van der Waals surface area contributed by atoms with Crippen LogP contribution < -0.4 is 15.4 Å². The second-order valence-electron chi connectivity index (χ2n) is 12.7. The Morgan fingerprint density at radius 3 is 2.57 bits per heavy atom. The van der Waals surface area contributed by atoms with Crippen LogP contribution >= 0.6 is 0 Å². The zero-order chi connectivity index (χ0) is 32.1. The molecule has 44 heavy (non-hydrogen) atoms. The summed E-state index contributed by atoms with van der Waals surface area (Å²) in [5.41, 5.74) is 5.22. The highest BCUT2D eigenvalue weighted by molar-refractivity contribution is 5.91. The Labute approximate surface area is 254 Å². The number of aryl methyl sites for hydroxylation is 1. The molecule has 5 rings (SSSR count). The molecule has 1 aliphatic carbocycles. The summed E-state index contributed by atoms with van der Waals surface area (Å²) >= 11 is 0. The van der Waals surface area contributed by atoms with Gasteiger partial charge in [0.15, 0.2) is 5.78 Å². The molecule has 1 aromatic heterocycles. The number of carbonyl (C=O) groups excluding carboxylic acids is 1. The van der Waals surface area contributed by atoms with E-state index in [1.54, 1.807) is 0 Å². The molecular weight excluding hydrogens is 581 g/mol. The predicted octanol–water partition coefficient (Wildman–Crippen LogP) is 5.82. The predicted molar refractivity (Wildman–Crippen MR) is 158 cm³/mol. The molecule has 2 aromatic rings. The topological polar surface area (TPSA) is 84.6 Å². The number of anilines is 2. The van der Waals surface area contributed by atoms with E-state index in [1.807, 2.05) is 25.8 Å². The molecule has 0 spiro atoms. The maximum atomic E-state index is 15.5. The molecule has 3 aliphatic rings. The number of aromatic nitrogens is 2. The molecule has 2 saturated heterocycles. The van der Waals surface area contributed by atoms with Gasteiger partial charge in [0.25, 0.3) is 0 Å². The summed E-state index contributed by atoms with van der Waals surface area (Å²) < 4.78 is 78.5. The minimum atomic E-state index is -4.77. The highest BCUT2D eigenvalue weighted by atomic mass is 19.4. The molecule has 0 saturated carbocycles. The Hall–Kier alpha value is -3.28. The summed E-state index contributed by atoms with van der Waals surface area (Å²) in [5, 5.41) is 0. The maximum absolute atomic E-state index is 15.5.